The number of halogens is 2. The predicted octanol–water partition coefficient (Wildman–Crippen LogP) is 6.61. The van der Waals surface area contributed by atoms with Gasteiger partial charge in [-0.25, -0.2) is 10.2 Å². The summed E-state index contributed by atoms with van der Waals surface area (Å²) in [5, 5.41) is 13.3. The zero-order valence-corrected chi connectivity index (χ0v) is 27.3. The third-order valence-corrected chi connectivity index (χ3v) is 7.76. The molecule has 0 radical (unpaired) electrons. The SMILES string of the molecule is CCOC(=O)C1=C(C)NC(=S)N[C@H]1c1ccccc1OCC(=O)NN=Cc1cc(Cl)c(OCc2ccc3ccccc3c2)c(Cl)c1. The molecule has 1 heterocycles. The lowest BCUT2D eigenvalue weighted by molar-refractivity contribution is -0.139. The quantitative estimate of drug-likeness (QED) is 0.0705. The Morgan fingerprint density at radius 3 is 2.46 bits per heavy atom. The number of hydrogen-bond acceptors (Lipinski definition) is 7. The van der Waals surface area contributed by atoms with Gasteiger partial charge in [0.25, 0.3) is 5.91 Å². The number of benzene rings is 4. The number of rotatable bonds is 11. The first kappa shape index (κ1) is 32.7. The molecule has 1 aliphatic heterocycles. The number of hydrogen-bond donors (Lipinski definition) is 3. The molecule has 0 aromatic heterocycles. The number of carbonyl (C=O) groups is 2. The van der Waals surface area contributed by atoms with E-state index < -0.39 is 17.9 Å². The average molecular weight is 678 g/mol. The van der Waals surface area contributed by atoms with Crippen molar-refractivity contribution in [2.75, 3.05) is 13.2 Å². The summed E-state index contributed by atoms with van der Waals surface area (Å²) in [6.45, 7) is 3.64. The van der Waals surface area contributed by atoms with E-state index in [0.29, 0.717) is 49.1 Å². The molecule has 46 heavy (non-hydrogen) atoms. The molecule has 12 heteroatoms. The Kier molecular flexibility index (Phi) is 10.7. The topological polar surface area (TPSA) is 110 Å². The first-order valence-electron chi connectivity index (χ1n) is 14.3. The van der Waals surface area contributed by atoms with E-state index in [4.69, 9.17) is 49.6 Å². The van der Waals surface area contributed by atoms with Crippen LogP contribution in [0, 0.1) is 0 Å². The Balaban J connectivity index is 1.19. The van der Waals surface area contributed by atoms with Crippen LogP contribution in [0.3, 0.4) is 0 Å². The van der Waals surface area contributed by atoms with Gasteiger partial charge in [-0.15, -0.1) is 0 Å². The van der Waals surface area contributed by atoms with Crippen molar-refractivity contribution < 1.29 is 23.8 Å². The molecule has 4 aromatic rings. The van der Waals surface area contributed by atoms with Gasteiger partial charge < -0.3 is 24.8 Å². The second kappa shape index (κ2) is 15.1. The predicted molar refractivity (Wildman–Crippen MR) is 183 cm³/mol. The third-order valence-electron chi connectivity index (χ3n) is 6.97. The van der Waals surface area contributed by atoms with Crippen molar-refractivity contribution >= 4 is 69.4 Å². The van der Waals surface area contributed by atoms with Crippen LogP contribution in [-0.4, -0.2) is 36.4 Å². The molecule has 0 saturated heterocycles. The summed E-state index contributed by atoms with van der Waals surface area (Å²) in [5.74, 6) is -0.259. The van der Waals surface area contributed by atoms with E-state index in [1.807, 2.05) is 30.3 Å². The highest BCUT2D eigenvalue weighted by Gasteiger charge is 2.32. The number of para-hydroxylation sites is 1. The van der Waals surface area contributed by atoms with E-state index in [2.05, 4.69) is 33.3 Å². The number of hydrazone groups is 1. The van der Waals surface area contributed by atoms with Gasteiger partial charge in [0, 0.05) is 11.3 Å². The number of carbonyl (C=O) groups excluding carboxylic acids is 2. The van der Waals surface area contributed by atoms with Crippen LogP contribution >= 0.6 is 35.4 Å². The van der Waals surface area contributed by atoms with Crippen LogP contribution in [0.2, 0.25) is 10.0 Å². The molecule has 1 aliphatic rings. The Morgan fingerprint density at radius 1 is 0.978 bits per heavy atom. The van der Waals surface area contributed by atoms with Crippen LogP contribution in [0.15, 0.2) is 95.2 Å². The largest absolute Gasteiger partial charge is 0.486 e. The maximum absolute atomic E-state index is 12.8. The highest BCUT2D eigenvalue weighted by atomic mass is 35.5. The lowest BCUT2D eigenvalue weighted by Crippen LogP contribution is -2.45. The van der Waals surface area contributed by atoms with Gasteiger partial charge in [-0.1, -0.05) is 77.8 Å². The summed E-state index contributed by atoms with van der Waals surface area (Å²) in [6, 6.07) is 23.8. The van der Waals surface area contributed by atoms with Crippen LogP contribution < -0.4 is 25.5 Å². The molecule has 0 aliphatic carbocycles. The normalized spacial score (nSPS) is 14.5. The van der Waals surface area contributed by atoms with Gasteiger partial charge in [-0.05, 0) is 72.2 Å². The first-order chi connectivity index (χ1) is 22.2. The van der Waals surface area contributed by atoms with Gasteiger partial charge in [0.2, 0.25) is 0 Å². The van der Waals surface area contributed by atoms with Crippen LogP contribution in [-0.2, 0) is 20.9 Å². The van der Waals surface area contributed by atoms with Crippen molar-refractivity contribution in [2.24, 2.45) is 5.10 Å². The molecule has 9 nitrogen and oxygen atoms in total. The maximum Gasteiger partial charge on any atom is 0.338 e. The zero-order chi connectivity index (χ0) is 32.6. The highest BCUT2D eigenvalue weighted by molar-refractivity contribution is 7.80. The van der Waals surface area contributed by atoms with Gasteiger partial charge in [-0.2, -0.15) is 5.10 Å². The number of esters is 1. The second-order valence-corrected chi connectivity index (χ2v) is 11.4. The van der Waals surface area contributed by atoms with E-state index in [0.717, 1.165) is 16.3 Å². The molecule has 1 amide bonds. The van der Waals surface area contributed by atoms with Crippen molar-refractivity contribution in [1.82, 2.24) is 16.1 Å². The standard InChI is InChI=1S/C34H30Cl2N4O5S/c1-3-43-33(42)30-20(2)38-34(46)39-31(30)25-10-6-7-11-28(25)44-19-29(41)40-37-17-22-15-26(35)32(27(36)16-22)45-18-21-12-13-23-8-4-5-9-24(23)14-21/h4-17,31H,3,18-19H2,1-2H3,(H,40,41)(H2,38,39,46)/t31-/m0/s1. The van der Waals surface area contributed by atoms with E-state index in [1.165, 1.54) is 6.21 Å². The monoisotopic (exact) mass is 676 g/mol. The van der Waals surface area contributed by atoms with E-state index >= 15 is 0 Å². The molecule has 0 unspecified atom stereocenters. The fourth-order valence-electron chi connectivity index (χ4n) is 4.89. The fourth-order valence-corrected chi connectivity index (χ4v) is 5.77. The number of thiocarbonyl (C=S) groups is 1. The summed E-state index contributed by atoms with van der Waals surface area (Å²) in [6.07, 6.45) is 1.41. The maximum atomic E-state index is 12.8. The number of nitrogens with one attached hydrogen (secondary N) is 3. The number of fused-ring (bicyclic) bond motifs is 1. The molecule has 3 N–H and O–H groups in total. The van der Waals surface area contributed by atoms with Crippen LogP contribution in [0.25, 0.3) is 10.8 Å². The van der Waals surface area contributed by atoms with Crippen molar-refractivity contribution in [2.45, 2.75) is 26.5 Å². The van der Waals surface area contributed by atoms with Crippen LogP contribution in [0.4, 0.5) is 0 Å². The van der Waals surface area contributed by atoms with Crippen LogP contribution in [0.5, 0.6) is 11.5 Å². The minimum atomic E-state index is -0.640. The van der Waals surface area contributed by atoms with E-state index in [-0.39, 0.29) is 19.8 Å². The minimum absolute atomic E-state index is 0.216. The van der Waals surface area contributed by atoms with Gasteiger partial charge in [0.05, 0.1) is 34.5 Å². The summed E-state index contributed by atoms with van der Waals surface area (Å²) in [5.41, 5.74) is 5.51. The third kappa shape index (κ3) is 7.95. The Morgan fingerprint density at radius 2 is 1.70 bits per heavy atom. The number of nitrogens with zero attached hydrogens (tertiary/aromatic N) is 1. The Bertz CT molecular complexity index is 1840. The average Bonchev–Trinajstić information content (AvgIpc) is 3.03. The lowest BCUT2D eigenvalue weighted by Gasteiger charge is -2.30. The molecule has 0 spiro atoms. The van der Waals surface area contributed by atoms with Crippen molar-refractivity contribution in [3.05, 3.63) is 117 Å². The van der Waals surface area contributed by atoms with Crippen LogP contribution in [0.1, 0.15) is 36.6 Å². The molecule has 0 saturated carbocycles. The molecular formula is C34H30Cl2N4O5S. The van der Waals surface area contributed by atoms with Gasteiger partial charge in [-0.3, -0.25) is 4.79 Å². The van der Waals surface area contributed by atoms with E-state index in [9.17, 15) is 9.59 Å². The fraction of sp³-hybridized carbons (Fsp3) is 0.176. The van der Waals surface area contributed by atoms with E-state index in [1.54, 1.807) is 50.2 Å². The summed E-state index contributed by atoms with van der Waals surface area (Å²) in [7, 11) is 0. The first-order valence-corrected chi connectivity index (χ1v) is 15.5. The number of amides is 1. The molecule has 0 fully saturated rings. The number of ether oxygens (including phenoxy) is 3. The smallest absolute Gasteiger partial charge is 0.338 e. The second-order valence-electron chi connectivity index (χ2n) is 10.2. The van der Waals surface area contributed by atoms with Gasteiger partial charge in [0.1, 0.15) is 12.4 Å². The summed E-state index contributed by atoms with van der Waals surface area (Å²) < 4.78 is 17.0. The minimum Gasteiger partial charge on any atom is -0.486 e. The highest BCUT2D eigenvalue weighted by Crippen LogP contribution is 2.35. The Labute approximate surface area is 281 Å². The molecule has 0 bridgehead atoms. The molecule has 1 atom stereocenters. The number of allylic oxidation sites excluding steroid dienone is 1. The molecule has 236 valence electrons. The summed E-state index contributed by atoms with van der Waals surface area (Å²) in [4.78, 5) is 25.3. The molecular weight excluding hydrogens is 647 g/mol. The lowest BCUT2D eigenvalue weighted by atomic mass is 9.95. The van der Waals surface area contributed by atoms with Crippen molar-refractivity contribution in [3.63, 3.8) is 0 Å². The molecule has 5 rings (SSSR count). The van der Waals surface area contributed by atoms with Crippen molar-refractivity contribution in [3.8, 4) is 11.5 Å². The summed E-state index contributed by atoms with van der Waals surface area (Å²) >= 11 is 18.3. The Hall–Kier alpha value is -4.64. The zero-order valence-electron chi connectivity index (χ0n) is 24.9. The van der Waals surface area contributed by atoms with Gasteiger partial charge in [0.15, 0.2) is 17.5 Å². The van der Waals surface area contributed by atoms with Gasteiger partial charge >= 0.3 is 5.97 Å². The molecule has 4 aromatic carbocycles. The van der Waals surface area contributed by atoms with Crippen molar-refractivity contribution in [1.29, 1.82) is 0 Å².